The Balaban J connectivity index is 1.38. The number of amides is 2. The molecule has 4 aromatic rings. The van der Waals surface area contributed by atoms with Crippen LogP contribution in [0.4, 0.5) is 10.5 Å². The first kappa shape index (κ1) is 21.3. The lowest BCUT2D eigenvalue weighted by molar-refractivity contribution is 0.254. The molecule has 0 saturated heterocycles. The molecule has 158 valence electrons. The number of para-hydroxylation sites is 3. The molecule has 0 saturated carbocycles. The summed E-state index contributed by atoms with van der Waals surface area (Å²) in [6.07, 6.45) is 0. The van der Waals surface area contributed by atoms with E-state index in [2.05, 4.69) is 35.1 Å². The van der Waals surface area contributed by atoms with Crippen LogP contribution >= 0.6 is 23.5 Å². The smallest absolute Gasteiger partial charge is 0.319 e. The molecule has 0 aliphatic rings. The summed E-state index contributed by atoms with van der Waals surface area (Å²) in [5, 5.41) is 0.929. The van der Waals surface area contributed by atoms with Crippen LogP contribution in [0.25, 0.3) is 11.0 Å². The molecular formula is C24H24N4OS2. The number of aromatic nitrogens is 2. The molecule has 2 amide bonds. The van der Waals surface area contributed by atoms with Crippen molar-refractivity contribution in [2.24, 2.45) is 5.73 Å². The maximum atomic E-state index is 11.9. The van der Waals surface area contributed by atoms with Gasteiger partial charge in [-0.05, 0) is 48.4 Å². The Hall–Kier alpha value is -2.90. The maximum Gasteiger partial charge on any atom is 0.319 e. The second kappa shape index (κ2) is 9.94. The van der Waals surface area contributed by atoms with Crippen LogP contribution in [0.3, 0.4) is 0 Å². The SMILES string of the molecule is Cc1c(CSc2nc3ccccc3[nH]2)cccc1SCCN(C(N)=O)c1ccccc1. The third kappa shape index (κ3) is 5.24. The lowest BCUT2D eigenvalue weighted by Crippen LogP contribution is -2.37. The zero-order valence-corrected chi connectivity index (χ0v) is 18.9. The van der Waals surface area contributed by atoms with Crippen LogP contribution in [0, 0.1) is 6.92 Å². The summed E-state index contributed by atoms with van der Waals surface area (Å²) in [7, 11) is 0. The first-order valence-corrected chi connectivity index (χ1v) is 12.0. The number of aromatic amines is 1. The number of rotatable bonds is 8. The molecule has 0 fully saturated rings. The predicted molar refractivity (Wildman–Crippen MR) is 131 cm³/mol. The minimum Gasteiger partial charge on any atom is -0.351 e. The van der Waals surface area contributed by atoms with Crippen molar-refractivity contribution in [3.8, 4) is 0 Å². The fraction of sp³-hybridized carbons (Fsp3) is 0.167. The van der Waals surface area contributed by atoms with E-state index in [1.54, 1.807) is 28.4 Å². The summed E-state index contributed by atoms with van der Waals surface area (Å²) in [6.45, 7) is 2.71. The van der Waals surface area contributed by atoms with Crippen molar-refractivity contribution in [3.63, 3.8) is 0 Å². The second-order valence-electron chi connectivity index (χ2n) is 7.06. The van der Waals surface area contributed by atoms with Crippen molar-refractivity contribution in [1.29, 1.82) is 0 Å². The number of nitrogens with one attached hydrogen (secondary N) is 1. The Bertz CT molecular complexity index is 1140. The van der Waals surface area contributed by atoms with Crippen LogP contribution in [0.2, 0.25) is 0 Å². The molecule has 3 aromatic carbocycles. The average Bonchev–Trinajstić information content (AvgIpc) is 3.20. The molecule has 31 heavy (non-hydrogen) atoms. The number of thioether (sulfide) groups is 2. The van der Waals surface area contributed by atoms with Gasteiger partial charge in [-0.15, -0.1) is 11.8 Å². The van der Waals surface area contributed by atoms with Gasteiger partial charge in [0.2, 0.25) is 0 Å². The van der Waals surface area contributed by atoms with E-state index in [1.807, 2.05) is 54.6 Å². The number of carbonyl (C=O) groups is 1. The van der Waals surface area contributed by atoms with Gasteiger partial charge in [0.25, 0.3) is 0 Å². The third-order valence-electron chi connectivity index (χ3n) is 5.03. The maximum absolute atomic E-state index is 11.9. The largest absolute Gasteiger partial charge is 0.351 e. The molecular weight excluding hydrogens is 424 g/mol. The number of urea groups is 1. The van der Waals surface area contributed by atoms with Gasteiger partial charge in [0.05, 0.1) is 11.0 Å². The van der Waals surface area contributed by atoms with E-state index in [0.29, 0.717) is 6.54 Å². The molecule has 0 aliphatic carbocycles. The number of imidazole rings is 1. The van der Waals surface area contributed by atoms with Crippen LogP contribution in [-0.4, -0.2) is 28.3 Å². The van der Waals surface area contributed by atoms with E-state index in [4.69, 9.17) is 5.73 Å². The van der Waals surface area contributed by atoms with Gasteiger partial charge >= 0.3 is 6.03 Å². The quantitative estimate of drug-likeness (QED) is 0.332. The number of benzene rings is 3. The first-order chi connectivity index (χ1) is 15.1. The fourth-order valence-corrected chi connectivity index (χ4v) is 5.30. The number of hydrogen-bond acceptors (Lipinski definition) is 4. The van der Waals surface area contributed by atoms with Gasteiger partial charge in [0.15, 0.2) is 5.16 Å². The van der Waals surface area contributed by atoms with Crippen molar-refractivity contribution in [1.82, 2.24) is 9.97 Å². The summed E-state index contributed by atoms with van der Waals surface area (Å²) < 4.78 is 0. The molecule has 0 radical (unpaired) electrons. The van der Waals surface area contributed by atoms with E-state index >= 15 is 0 Å². The van der Waals surface area contributed by atoms with Crippen LogP contribution in [0.5, 0.6) is 0 Å². The molecule has 3 N–H and O–H groups in total. The highest BCUT2D eigenvalue weighted by molar-refractivity contribution is 7.99. The minimum absolute atomic E-state index is 0.431. The molecule has 1 aromatic heterocycles. The summed E-state index contributed by atoms with van der Waals surface area (Å²) in [5.41, 5.74) is 11.0. The molecule has 0 unspecified atom stereocenters. The van der Waals surface area contributed by atoms with Crippen LogP contribution in [-0.2, 0) is 5.75 Å². The van der Waals surface area contributed by atoms with Gasteiger partial charge in [-0.2, -0.15) is 0 Å². The Kier molecular flexibility index (Phi) is 6.84. The topological polar surface area (TPSA) is 75.0 Å². The number of anilines is 1. The van der Waals surface area contributed by atoms with Gasteiger partial charge in [0, 0.05) is 28.6 Å². The Morgan fingerprint density at radius 1 is 1.00 bits per heavy atom. The van der Waals surface area contributed by atoms with Crippen LogP contribution in [0.15, 0.2) is 82.8 Å². The zero-order chi connectivity index (χ0) is 21.6. The van der Waals surface area contributed by atoms with E-state index < -0.39 is 6.03 Å². The lowest BCUT2D eigenvalue weighted by Gasteiger charge is -2.20. The zero-order valence-electron chi connectivity index (χ0n) is 17.2. The summed E-state index contributed by atoms with van der Waals surface area (Å²) in [4.78, 5) is 22.7. The highest BCUT2D eigenvalue weighted by atomic mass is 32.2. The third-order valence-corrected chi connectivity index (χ3v) is 7.10. The Morgan fingerprint density at radius 2 is 1.77 bits per heavy atom. The number of nitrogens with zero attached hydrogens (tertiary/aromatic N) is 2. The molecule has 1 heterocycles. The van der Waals surface area contributed by atoms with E-state index in [0.717, 1.165) is 33.4 Å². The van der Waals surface area contributed by atoms with Gasteiger partial charge in [-0.3, -0.25) is 4.90 Å². The monoisotopic (exact) mass is 448 g/mol. The molecule has 5 nitrogen and oxygen atoms in total. The number of hydrogen-bond donors (Lipinski definition) is 2. The molecule has 0 spiro atoms. The number of fused-ring (bicyclic) bond motifs is 1. The Morgan fingerprint density at radius 3 is 2.55 bits per heavy atom. The standard InChI is InChI=1S/C24H24N4OS2/c1-17-18(16-31-24-26-20-11-5-6-12-21(20)27-24)8-7-13-22(17)30-15-14-28(23(25)29)19-9-3-2-4-10-19/h2-13H,14-16H2,1H3,(H2,25,29)(H,26,27). The predicted octanol–water partition coefficient (Wildman–Crippen LogP) is 5.84. The fourth-order valence-electron chi connectivity index (χ4n) is 3.34. The molecule has 7 heteroatoms. The van der Waals surface area contributed by atoms with Crippen molar-refractivity contribution >= 4 is 46.3 Å². The number of H-pyrrole nitrogens is 1. The summed E-state index contributed by atoms with van der Waals surface area (Å²) >= 11 is 3.45. The van der Waals surface area contributed by atoms with Gasteiger partial charge in [-0.25, -0.2) is 9.78 Å². The molecule has 4 rings (SSSR count). The second-order valence-corrected chi connectivity index (χ2v) is 9.16. The first-order valence-electron chi connectivity index (χ1n) is 10.0. The van der Waals surface area contributed by atoms with Gasteiger partial charge < -0.3 is 10.7 Å². The Labute approximate surface area is 190 Å². The minimum atomic E-state index is -0.431. The van der Waals surface area contributed by atoms with Gasteiger partial charge in [0.1, 0.15) is 0 Å². The highest BCUT2D eigenvalue weighted by Gasteiger charge is 2.13. The van der Waals surface area contributed by atoms with Crippen LogP contribution < -0.4 is 10.6 Å². The number of nitrogens with two attached hydrogens (primary N) is 1. The average molecular weight is 449 g/mol. The molecule has 0 aliphatic heterocycles. The van der Waals surface area contributed by atoms with Gasteiger partial charge in [-0.1, -0.05) is 54.2 Å². The molecule has 0 bridgehead atoms. The number of primary amides is 1. The van der Waals surface area contributed by atoms with Crippen molar-refractivity contribution < 1.29 is 4.79 Å². The van der Waals surface area contributed by atoms with Crippen LogP contribution in [0.1, 0.15) is 11.1 Å². The van der Waals surface area contributed by atoms with Crippen molar-refractivity contribution in [2.45, 2.75) is 22.7 Å². The summed E-state index contributed by atoms with van der Waals surface area (Å²) in [5.74, 6) is 1.61. The molecule has 0 atom stereocenters. The summed E-state index contributed by atoms with van der Waals surface area (Å²) in [6, 6.07) is 23.6. The lowest BCUT2D eigenvalue weighted by atomic mass is 10.1. The normalized spacial score (nSPS) is 11.0. The van der Waals surface area contributed by atoms with E-state index in [-0.39, 0.29) is 0 Å². The van der Waals surface area contributed by atoms with E-state index in [1.165, 1.54) is 16.0 Å². The van der Waals surface area contributed by atoms with E-state index in [9.17, 15) is 4.79 Å². The van der Waals surface area contributed by atoms with Crippen molar-refractivity contribution in [2.75, 3.05) is 17.2 Å². The highest BCUT2D eigenvalue weighted by Crippen LogP contribution is 2.30. The van der Waals surface area contributed by atoms with Crippen molar-refractivity contribution in [3.05, 3.63) is 83.9 Å². The number of carbonyl (C=O) groups excluding carboxylic acids is 1.